The average Bonchev–Trinajstić information content (AvgIpc) is 2.39. The zero-order valence-electron chi connectivity index (χ0n) is 11.3. The number of nitrogens with one attached hydrogen (secondary N) is 1. The van der Waals surface area contributed by atoms with Crippen LogP contribution in [0.5, 0.6) is 0 Å². The molecule has 106 valence electrons. The molecule has 1 fully saturated rings. The number of sulfonamides is 1. The lowest BCUT2D eigenvalue weighted by atomic mass is 9.97. The molecule has 0 spiro atoms. The van der Waals surface area contributed by atoms with Crippen LogP contribution in [0.4, 0.5) is 0 Å². The van der Waals surface area contributed by atoms with Crippen molar-refractivity contribution in [3.05, 3.63) is 0 Å². The first kappa shape index (κ1) is 15.4. The quantitative estimate of drug-likeness (QED) is 0.735. The van der Waals surface area contributed by atoms with Gasteiger partial charge in [0.25, 0.3) is 0 Å². The molecular weight excluding hydrogens is 252 g/mol. The highest BCUT2D eigenvalue weighted by atomic mass is 32.2. The van der Waals surface area contributed by atoms with Gasteiger partial charge in [-0.25, -0.2) is 12.7 Å². The lowest BCUT2D eigenvalue weighted by molar-refractivity contribution is -0.126. The Kier molecular flexibility index (Phi) is 6.08. The highest BCUT2D eigenvalue weighted by Crippen LogP contribution is 2.19. The SMILES string of the molecule is CCCCNC(=O)C1CCN(S(=O)(=O)CC)CC1. The molecule has 0 unspecified atom stereocenters. The molecule has 0 aliphatic carbocycles. The van der Waals surface area contributed by atoms with Crippen LogP contribution in [0.15, 0.2) is 0 Å². The van der Waals surface area contributed by atoms with Gasteiger partial charge in [0.15, 0.2) is 0 Å². The van der Waals surface area contributed by atoms with Crippen LogP contribution in [0.2, 0.25) is 0 Å². The Bertz CT molecular complexity index is 360. The third-order valence-corrected chi connectivity index (χ3v) is 5.29. The van der Waals surface area contributed by atoms with E-state index in [2.05, 4.69) is 12.2 Å². The van der Waals surface area contributed by atoms with Crippen molar-refractivity contribution in [2.45, 2.75) is 39.5 Å². The fourth-order valence-corrected chi connectivity index (χ4v) is 3.24. The molecule has 1 heterocycles. The first-order valence-corrected chi connectivity index (χ1v) is 8.37. The third kappa shape index (κ3) is 4.24. The second-order valence-corrected chi connectivity index (χ2v) is 6.98. The van der Waals surface area contributed by atoms with Crippen LogP contribution in [0, 0.1) is 5.92 Å². The number of unbranched alkanes of at least 4 members (excludes halogenated alkanes) is 1. The van der Waals surface area contributed by atoms with E-state index < -0.39 is 10.0 Å². The van der Waals surface area contributed by atoms with E-state index in [4.69, 9.17) is 0 Å². The van der Waals surface area contributed by atoms with Gasteiger partial charge in [0.05, 0.1) is 5.75 Å². The van der Waals surface area contributed by atoms with Crippen LogP contribution >= 0.6 is 0 Å². The Morgan fingerprint density at radius 1 is 1.28 bits per heavy atom. The Balaban J connectivity index is 2.37. The minimum absolute atomic E-state index is 0.0230. The van der Waals surface area contributed by atoms with Gasteiger partial charge in [-0.15, -0.1) is 0 Å². The lowest BCUT2D eigenvalue weighted by Gasteiger charge is -2.30. The van der Waals surface area contributed by atoms with Gasteiger partial charge in [-0.3, -0.25) is 4.79 Å². The van der Waals surface area contributed by atoms with E-state index in [-0.39, 0.29) is 17.6 Å². The first-order valence-electron chi connectivity index (χ1n) is 6.76. The van der Waals surface area contributed by atoms with E-state index >= 15 is 0 Å². The molecule has 1 saturated heterocycles. The monoisotopic (exact) mass is 276 g/mol. The van der Waals surface area contributed by atoms with Crippen LogP contribution in [-0.4, -0.2) is 44.0 Å². The van der Waals surface area contributed by atoms with Crippen molar-refractivity contribution in [2.75, 3.05) is 25.4 Å². The second-order valence-electron chi connectivity index (χ2n) is 4.72. The van der Waals surface area contributed by atoms with Crippen molar-refractivity contribution < 1.29 is 13.2 Å². The fraction of sp³-hybridized carbons (Fsp3) is 0.917. The lowest BCUT2D eigenvalue weighted by Crippen LogP contribution is -2.43. The van der Waals surface area contributed by atoms with Gasteiger partial charge in [0.1, 0.15) is 0 Å². The van der Waals surface area contributed by atoms with Crippen molar-refractivity contribution in [1.29, 1.82) is 0 Å². The van der Waals surface area contributed by atoms with Gasteiger partial charge < -0.3 is 5.32 Å². The maximum Gasteiger partial charge on any atom is 0.223 e. The summed E-state index contributed by atoms with van der Waals surface area (Å²) in [5.74, 6) is 0.197. The van der Waals surface area contributed by atoms with Gasteiger partial charge in [-0.05, 0) is 26.2 Å². The van der Waals surface area contributed by atoms with Gasteiger partial charge in [0.2, 0.25) is 15.9 Å². The molecule has 5 nitrogen and oxygen atoms in total. The summed E-state index contributed by atoms with van der Waals surface area (Å²) < 4.78 is 24.8. The summed E-state index contributed by atoms with van der Waals surface area (Å²) in [7, 11) is -3.09. The largest absolute Gasteiger partial charge is 0.356 e. The molecule has 0 aromatic rings. The maximum atomic E-state index is 11.8. The maximum absolute atomic E-state index is 11.8. The summed E-state index contributed by atoms with van der Waals surface area (Å²) in [6.45, 7) is 5.41. The standard InChI is InChI=1S/C12H24N2O3S/c1-3-5-8-13-12(15)11-6-9-14(10-7-11)18(16,17)4-2/h11H,3-10H2,1-2H3,(H,13,15). The second kappa shape index (κ2) is 7.09. The summed E-state index contributed by atoms with van der Waals surface area (Å²) in [4.78, 5) is 11.8. The minimum Gasteiger partial charge on any atom is -0.356 e. The molecule has 1 N–H and O–H groups in total. The van der Waals surface area contributed by atoms with Gasteiger partial charge in [-0.1, -0.05) is 13.3 Å². The number of carbonyl (C=O) groups is 1. The van der Waals surface area contributed by atoms with Crippen molar-refractivity contribution in [2.24, 2.45) is 5.92 Å². The smallest absolute Gasteiger partial charge is 0.223 e. The van der Waals surface area contributed by atoms with Crippen molar-refractivity contribution in [1.82, 2.24) is 9.62 Å². The zero-order valence-corrected chi connectivity index (χ0v) is 12.1. The van der Waals surface area contributed by atoms with Gasteiger partial charge in [0, 0.05) is 25.6 Å². The van der Waals surface area contributed by atoms with E-state index in [9.17, 15) is 13.2 Å². The van der Waals surface area contributed by atoms with Gasteiger partial charge in [-0.2, -0.15) is 0 Å². The molecule has 1 rings (SSSR count). The minimum atomic E-state index is -3.09. The van der Waals surface area contributed by atoms with Crippen LogP contribution in [-0.2, 0) is 14.8 Å². The number of hydrogen-bond acceptors (Lipinski definition) is 3. The summed E-state index contributed by atoms with van der Waals surface area (Å²) in [5, 5.41) is 2.91. The van der Waals surface area contributed by atoms with E-state index in [0.717, 1.165) is 19.4 Å². The Hall–Kier alpha value is -0.620. The molecule has 0 atom stereocenters. The number of hydrogen-bond donors (Lipinski definition) is 1. The number of carbonyl (C=O) groups excluding carboxylic acids is 1. The van der Waals surface area contributed by atoms with E-state index in [0.29, 0.717) is 25.9 Å². The van der Waals surface area contributed by atoms with Crippen molar-refractivity contribution in [3.63, 3.8) is 0 Å². The van der Waals surface area contributed by atoms with E-state index in [1.54, 1.807) is 6.92 Å². The molecule has 0 radical (unpaired) electrons. The molecule has 0 bridgehead atoms. The molecule has 1 amide bonds. The summed E-state index contributed by atoms with van der Waals surface area (Å²) in [6, 6.07) is 0. The summed E-state index contributed by atoms with van der Waals surface area (Å²) in [6.07, 6.45) is 3.33. The summed E-state index contributed by atoms with van der Waals surface area (Å²) >= 11 is 0. The van der Waals surface area contributed by atoms with Crippen molar-refractivity contribution in [3.8, 4) is 0 Å². The van der Waals surface area contributed by atoms with Crippen LogP contribution in [0.25, 0.3) is 0 Å². The third-order valence-electron chi connectivity index (χ3n) is 3.41. The summed E-state index contributed by atoms with van der Waals surface area (Å²) in [5.41, 5.74) is 0. The van der Waals surface area contributed by atoms with Crippen molar-refractivity contribution >= 4 is 15.9 Å². The zero-order chi connectivity index (χ0) is 13.6. The van der Waals surface area contributed by atoms with Crippen LogP contribution < -0.4 is 5.32 Å². The predicted molar refractivity (Wildman–Crippen MR) is 71.7 cm³/mol. The number of amides is 1. The molecule has 0 aromatic carbocycles. The topological polar surface area (TPSA) is 66.5 Å². The molecule has 1 aliphatic rings. The number of nitrogens with zero attached hydrogens (tertiary/aromatic N) is 1. The van der Waals surface area contributed by atoms with Crippen LogP contribution in [0.1, 0.15) is 39.5 Å². The normalized spacial score (nSPS) is 18.8. The van der Waals surface area contributed by atoms with Crippen LogP contribution in [0.3, 0.4) is 0 Å². The van der Waals surface area contributed by atoms with E-state index in [1.165, 1.54) is 4.31 Å². The molecule has 0 aromatic heterocycles. The first-order chi connectivity index (χ1) is 8.51. The molecular formula is C12H24N2O3S. The molecule has 18 heavy (non-hydrogen) atoms. The Morgan fingerprint density at radius 2 is 1.89 bits per heavy atom. The Labute approximate surface area is 110 Å². The molecule has 1 aliphatic heterocycles. The number of rotatable bonds is 6. The Morgan fingerprint density at radius 3 is 2.39 bits per heavy atom. The molecule has 6 heteroatoms. The molecule has 0 saturated carbocycles. The van der Waals surface area contributed by atoms with Gasteiger partial charge >= 0.3 is 0 Å². The van der Waals surface area contributed by atoms with E-state index in [1.807, 2.05) is 0 Å². The average molecular weight is 276 g/mol. The fourth-order valence-electron chi connectivity index (χ4n) is 2.11. The highest BCUT2D eigenvalue weighted by molar-refractivity contribution is 7.89. The highest BCUT2D eigenvalue weighted by Gasteiger charge is 2.29. The number of piperidine rings is 1. The predicted octanol–water partition coefficient (Wildman–Crippen LogP) is 0.964.